The quantitative estimate of drug-likeness (QED) is 0.792. The number of thioether (sulfide) groups is 1. The number of hydrogen-bond donors (Lipinski definition) is 2. The van der Waals surface area contributed by atoms with E-state index in [4.69, 9.17) is 0 Å². The molecule has 1 aromatic rings. The molecule has 112 valence electrons. The molecule has 0 radical (unpaired) electrons. The Kier molecular flexibility index (Phi) is 5.46. The van der Waals surface area contributed by atoms with Gasteiger partial charge in [-0.15, -0.1) is 5.10 Å². The summed E-state index contributed by atoms with van der Waals surface area (Å²) in [5.41, 5.74) is 0. The molecule has 0 aliphatic heterocycles. The molecule has 0 unspecified atom stereocenters. The van der Waals surface area contributed by atoms with Gasteiger partial charge in [0, 0.05) is 12.5 Å². The van der Waals surface area contributed by atoms with Gasteiger partial charge < -0.3 is 5.32 Å². The highest BCUT2D eigenvalue weighted by molar-refractivity contribution is 8.00. The normalized spacial score (nSPS) is 17.6. The Balaban J connectivity index is 1.84. The number of aromatic amines is 1. The van der Waals surface area contributed by atoms with Crippen molar-refractivity contribution in [3.05, 3.63) is 5.82 Å². The van der Waals surface area contributed by atoms with Gasteiger partial charge in [0.1, 0.15) is 5.82 Å². The number of nitrogens with one attached hydrogen (secondary N) is 2. The molecule has 0 saturated heterocycles. The second kappa shape index (κ2) is 7.11. The molecular formula is C14H24N4OS. The van der Waals surface area contributed by atoms with Crippen molar-refractivity contribution < 1.29 is 4.79 Å². The summed E-state index contributed by atoms with van der Waals surface area (Å²) in [6.45, 7) is 6.78. The number of hydrogen-bond acceptors (Lipinski definition) is 4. The fraction of sp³-hybridized carbons (Fsp3) is 0.786. The number of aromatic nitrogens is 3. The maximum absolute atomic E-state index is 11.9. The maximum Gasteiger partial charge on any atom is 0.233 e. The monoisotopic (exact) mass is 296 g/mol. The van der Waals surface area contributed by atoms with Gasteiger partial charge in [-0.3, -0.25) is 9.89 Å². The topological polar surface area (TPSA) is 70.7 Å². The minimum absolute atomic E-state index is 0.0518. The number of carbonyl (C=O) groups excluding carboxylic acids is 1. The van der Waals surface area contributed by atoms with Crippen LogP contribution in [-0.4, -0.2) is 32.9 Å². The average Bonchev–Trinajstić information content (AvgIpc) is 3.05. The van der Waals surface area contributed by atoms with E-state index in [0.717, 1.165) is 5.82 Å². The van der Waals surface area contributed by atoms with Crippen LogP contribution < -0.4 is 5.32 Å². The molecule has 1 fully saturated rings. The summed E-state index contributed by atoms with van der Waals surface area (Å²) in [6.07, 6.45) is 4.96. The first-order valence-corrected chi connectivity index (χ1v) is 8.31. The van der Waals surface area contributed by atoms with Crippen molar-refractivity contribution in [3.8, 4) is 0 Å². The molecular weight excluding hydrogens is 272 g/mol. The van der Waals surface area contributed by atoms with E-state index in [1.54, 1.807) is 0 Å². The predicted octanol–water partition coefficient (Wildman–Crippen LogP) is 2.72. The maximum atomic E-state index is 11.9. The summed E-state index contributed by atoms with van der Waals surface area (Å²) in [4.78, 5) is 16.4. The summed E-state index contributed by atoms with van der Waals surface area (Å²) in [5.74, 6) is 2.03. The highest BCUT2D eigenvalue weighted by Gasteiger charge is 2.22. The largest absolute Gasteiger partial charge is 0.355 e. The predicted molar refractivity (Wildman–Crippen MR) is 80.8 cm³/mol. The van der Waals surface area contributed by atoms with Crippen molar-refractivity contribution >= 4 is 17.7 Å². The lowest BCUT2D eigenvalue weighted by molar-refractivity contribution is -0.120. The van der Waals surface area contributed by atoms with Crippen LogP contribution in [0.15, 0.2) is 5.16 Å². The van der Waals surface area contributed by atoms with Crippen molar-refractivity contribution in [2.24, 2.45) is 5.92 Å². The van der Waals surface area contributed by atoms with E-state index in [2.05, 4.69) is 34.3 Å². The molecule has 1 atom stereocenters. The Morgan fingerprint density at radius 3 is 2.75 bits per heavy atom. The first kappa shape index (κ1) is 15.4. The number of rotatable bonds is 6. The second-order valence-electron chi connectivity index (χ2n) is 5.88. The summed E-state index contributed by atoms with van der Waals surface area (Å²) in [6, 6.07) is 0. The van der Waals surface area contributed by atoms with Crippen LogP contribution in [-0.2, 0) is 4.79 Å². The van der Waals surface area contributed by atoms with Gasteiger partial charge >= 0.3 is 0 Å². The summed E-state index contributed by atoms with van der Waals surface area (Å²) in [7, 11) is 0. The molecule has 20 heavy (non-hydrogen) atoms. The third-order valence-corrected chi connectivity index (χ3v) is 4.52. The van der Waals surface area contributed by atoms with E-state index >= 15 is 0 Å². The molecule has 1 amide bonds. The van der Waals surface area contributed by atoms with Gasteiger partial charge in [0.15, 0.2) is 0 Å². The van der Waals surface area contributed by atoms with Gasteiger partial charge in [-0.1, -0.05) is 38.5 Å². The Bertz CT molecular complexity index is 440. The van der Waals surface area contributed by atoms with Crippen molar-refractivity contribution in [3.63, 3.8) is 0 Å². The molecule has 1 aliphatic rings. The van der Waals surface area contributed by atoms with Crippen LogP contribution in [0.3, 0.4) is 0 Å². The number of amides is 1. The molecule has 1 aromatic heterocycles. The van der Waals surface area contributed by atoms with Crippen LogP contribution in [0.5, 0.6) is 0 Å². The van der Waals surface area contributed by atoms with E-state index in [1.165, 1.54) is 37.4 Å². The van der Waals surface area contributed by atoms with E-state index in [0.29, 0.717) is 23.5 Å². The van der Waals surface area contributed by atoms with Crippen LogP contribution in [0.1, 0.15) is 58.2 Å². The van der Waals surface area contributed by atoms with Gasteiger partial charge in [-0.05, 0) is 25.7 Å². The molecule has 0 spiro atoms. The molecule has 0 aromatic carbocycles. The van der Waals surface area contributed by atoms with Crippen molar-refractivity contribution in [2.45, 2.75) is 62.8 Å². The zero-order chi connectivity index (χ0) is 14.5. The van der Waals surface area contributed by atoms with Crippen molar-refractivity contribution in [2.75, 3.05) is 6.54 Å². The molecule has 1 heterocycles. The first-order chi connectivity index (χ1) is 9.56. The lowest BCUT2D eigenvalue weighted by atomic mass is 10.1. The second-order valence-corrected chi connectivity index (χ2v) is 7.19. The molecule has 5 nitrogen and oxygen atoms in total. The zero-order valence-electron chi connectivity index (χ0n) is 12.5. The molecule has 2 N–H and O–H groups in total. The first-order valence-electron chi connectivity index (χ1n) is 7.43. The highest BCUT2D eigenvalue weighted by Crippen LogP contribution is 2.32. The third-order valence-electron chi connectivity index (χ3n) is 3.56. The number of nitrogens with zero attached hydrogens (tertiary/aromatic N) is 2. The summed E-state index contributed by atoms with van der Waals surface area (Å²) in [5, 5.41) is 10.7. The van der Waals surface area contributed by atoms with Gasteiger partial charge in [0.05, 0.1) is 5.25 Å². The van der Waals surface area contributed by atoms with Crippen LogP contribution >= 0.6 is 11.8 Å². The standard InChI is InChI=1S/C14H24N4OS/c1-9(2)8-15-13(19)10(3)20-14-16-12(17-18-14)11-6-4-5-7-11/h9-11H,4-8H2,1-3H3,(H,15,19)(H,16,17,18)/t10-/m1/s1. The van der Waals surface area contributed by atoms with E-state index in [9.17, 15) is 4.79 Å². The highest BCUT2D eigenvalue weighted by atomic mass is 32.2. The summed E-state index contributed by atoms with van der Waals surface area (Å²) < 4.78 is 0. The minimum Gasteiger partial charge on any atom is -0.355 e. The lowest BCUT2D eigenvalue weighted by Gasteiger charge is -2.11. The van der Waals surface area contributed by atoms with Gasteiger partial charge in [0.25, 0.3) is 0 Å². The molecule has 2 rings (SSSR count). The van der Waals surface area contributed by atoms with E-state index < -0.39 is 0 Å². The van der Waals surface area contributed by atoms with Crippen molar-refractivity contribution in [1.82, 2.24) is 20.5 Å². The Labute approximate surface area is 124 Å². The summed E-state index contributed by atoms with van der Waals surface area (Å²) >= 11 is 1.42. The minimum atomic E-state index is -0.166. The molecule has 1 aliphatic carbocycles. The van der Waals surface area contributed by atoms with Gasteiger partial charge in [0.2, 0.25) is 11.1 Å². The molecule has 1 saturated carbocycles. The molecule has 6 heteroatoms. The number of H-pyrrole nitrogens is 1. The Hall–Kier alpha value is -1.04. The van der Waals surface area contributed by atoms with Gasteiger partial charge in [-0.2, -0.15) is 0 Å². The van der Waals surface area contributed by atoms with Crippen LogP contribution in [0.25, 0.3) is 0 Å². The average molecular weight is 296 g/mol. The Morgan fingerprint density at radius 1 is 1.40 bits per heavy atom. The fourth-order valence-electron chi connectivity index (χ4n) is 2.35. The smallest absolute Gasteiger partial charge is 0.233 e. The van der Waals surface area contributed by atoms with E-state index in [-0.39, 0.29) is 11.2 Å². The SMILES string of the molecule is CC(C)CNC(=O)[C@@H](C)Sc1n[nH]c(C2CCCC2)n1. The fourth-order valence-corrected chi connectivity index (χ4v) is 3.11. The molecule has 0 bridgehead atoms. The third kappa shape index (κ3) is 4.23. The lowest BCUT2D eigenvalue weighted by Crippen LogP contribution is -2.33. The van der Waals surface area contributed by atoms with Gasteiger partial charge in [-0.25, -0.2) is 4.98 Å². The zero-order valence-corrected chi connectivity index (χ0v) is 13.3. The van der Waals surface area contributed by atoms with E-state index in [1.807, 2.05) is 6.92 Å². The van der Waals surface area contributed by atoms with Crippen LogP contribution in [0.2, 0.25) is 0 Å². The van der Waals surface area contributed by atoms with Crippen LogP contribution in [0.4, 0.5) is 0 Å². The van der Waals surface area contributed by atoms with Crippen molar-refractivity contribution in [1.29, 1.82) is 0 Å². The Morgan fingerprint density at radius 2 is 2.10 bits per heavy atom. The van der Waals surface area contributed by atoms with Crippen LogP contribution in [0, 0.1) is 5.92 Å². The number of carbonyl (C=O) groups is 1.